The van der Waals surface area contributed by atoms with Crippen molar-refractivity contribution in [2.45, 2.75) is 19.9 Å². The molecule has 27 heavy (non-hydrogen) atoms. The fraction of sp³-hybridized carbons (Fsp3) is 0.150. The van der Waals surface area contributed by atoms with E-state index >= 15 is 0 Å². The molecule has 1 atom stereocenters. The van der Waals surface area contributed by atoms with E-state index in [0.29, 0.717) is 16.5 Å². The van der Waals surface area contributed by atoms with Crippen molar-refractivity contribution < 1.29 is 19.1 Å². The first-order valence-corrected chi connectivity index (χ1v) is 9.14. The number of aryl methyl sites for hydroxylation is 2. The van der Waals surface area contributed by atoms with Gasteiger partial charge in [-0.15, -0.1) is 11.3 Å². The van der Waals surface area contributed by atoms with Crippen molar-refractivity contribution in [2.75, 3.05) is 4.90 Å². The fourth-order valence-corrected chi connectivity index (χ4v) is 3.99. The summed E-state index contributed by atoms with van der Waals surface area (Å²) in [6.45, 7) is 3.75. The number of hydrogen-bond donors (Lipinski definition) is 1. The number of benzene rings is 1. The number of nitrogens with zero attached hydrogens (tertiary/aromatic N) is 2. The molecule has 1 saturated heterocycles. The quantitative estimate of drug-likeness (QED) is 0.422. The third-order valence-corrected chi connectivity index (χ3v) is 5.60. The fourth-order valence-electron chi connectivity index (χ4n) is 3.06. The van der Waals surface area contributed by atoms with Gasteiger partial charge in [-0.25, -0.2) is 4.98 Å². The number of aromatic nitrogens is 1. The van der Waals surface area contributed by atoms with E-state index in [4.69, 9.17) is 4.42 Å². The SMILES string of the molecule is Cc1nc(N2C(=O)C(=O)/C(=C(\O)c3ccccc3)[C@H]2c2ccco2)sc1C. The van der Waals surface area contributed by atoms with Crippen molar-refractivity contribution in [1.82, 2.24) is 4.98 Å². The molecule has 2 aromatic heterocycles. The summed E-state index contributed by atoms with van der Waals surface area (Å²) >= 11 is 1.32. The van der Waals surface area contributed by atoms with Crippen molar-refractivity contribution in [1.29, 1.82) is 0 Å². The molecule has 1 N–H and O–H groups in total. The van der Waals surface area contributed by atoms with Crippen LogP contribution in [0.25, 0.3) is 5.76 Å². The Bertz CT molecular complexity index is 1030. The average Bonchev–Trinajstić information content (AvgIpc) is 3.36. The van der Waals surface area contributed by atoms with Gasteiger partial charge in [-0.05, 0) is 26.0 Å². The monoisotopic (exact) mass is 380 g/mol. The molecule has 7 heteroatoms. The third kappa shape index (κ3) is 2.76. The Kier molecular flexibility index (Phi) is 4.16. The molecule has 1 aromatic carbocycles. The van der Waals surface area contributed by atoms with E-state index in [2.05, 4.69) is 4.98 Å². The van der Waals surface area contributed by atoms with E-state index in [1.807, 2.05) is 13.8 Å². The molecule has 0 aliphatic carbocycles. The van der Waals surface area contributed by atoms with Crippen LogP contribution in [0, 0.1) is 13.8 Å². The number of carbonyl (C=O) groups is 2. The Hall–Kier alpha value is -3.19. The van der Waals surface area contributed by atoms with Crippen LogP contribution in [-0.4, -0.2) is 21.8 Å². The Balaban J connectivity index is 1.94. The van der Waals surface area contributed by atoms with Crippen LogP contribution in [-0.2, 0) is 9.59 Å². The lowest BCUT2D eigenvalue weighted by Crippen LogP contribution is -2.29. The smallest absolute Gasteiger partial charge is 0.302 e. The number of ketones is 1. The first-order chi connectivity index (χ1) is 13.0. The normalized spacial score (nSPS) is 19.0. The van der Waals surface area contributed by atoms with E-state index in [1.54, 1.807) is 42.5 Å². The van der Waals surface area contributed by atoms with Crippen LogP contribution in [0.4, 0.5) is 5.13 Å². The summed E-state index contributed by atoms with van der Waals surface area (Å²) < 4.78 is 5.50. The first-order valence-electron chi connectivity index (χ1n) is 8.33. The number of aliphatic hydroxyl groups excluding tert-OH is 1. The highest BCUT2D eigenvalue weighted by Gasteiger charge is 2.49. The third-order valence-electron chi connectivity index (χ3n) is 4.53. The Morgan fingerprint density at radius 2 is 1.89 bits per heavy atom. The van der Waals surface area contributed by atoms with Crippen LogP contribution < -0.4 is 4.90 Å². The van der Waals surface area contributed by atoms with Crippen LogP contribution in [0.3, 0.4) is 0 Å². The first kappa shape index (κ1) is 17.2. The molecule has 1 amide bonds. The van der Waals surface area contributed by atoms with Gasteiger partial charge in [0.2, 0.25) is 0 Å². The van der Waals surface area contributed by atoms with Gasteiger partial charge in [0.15, 0.2) is 5.13 Å². The minimum atomic E-state index is -0.870. The summed E-state index contributed by atoms with van der Waals surface area (Å²) in [5, 5.41) is 11.2. The predicted octanol–water partition coefficient (Wildman–Crippen LogP) is 3.98. The molecule has 0 bridgehead atoms. The maximum atomic E-state index is 12.8. The van der Waals surface area contributed by atoms with Gasteiger partial charge in [-0.3, -0.25) is 14.5 Å². The summed E-state index contributed by atoms with van der Waals surface area (Å²) in [6.07, 6.45) is 1.47. The zero-order valence-electron chi connectivity index (χ0n) is 14.7. The topological polar surface area (TPSA) is 83.6 Å². The average molecular weight is 380 g/mol. The highest BCUT2D eigenvalue weighted by atomic mass is 32.1. The van der Waals surface area contributed by atoms with Gasteiger partial charge in [0.05, 0.1) is 17.5 Å². The predicted molar refractivity (Wildman–Crippen MR) is 102 cm³/mol. The lowest BCUT2D eigenvalue weighted by molar-refractivity contribution is -0.132. The van der Waals surface area contributed by atoms with Crippen molar-refractivity contribution in [3.63, 3.8) is 0 Å². The van der Waals surface area contributed by atoms with Crippen molar-refractivity contribution in [2.24, 2.45) is 0 Å². The zero-order valence-corrected chi connectivity index (χ0v) is 15.5. The summed E-state index contributed by atoms with van der Waals surface area (Å²) in [5.41, 5.74) is 1.24. The molecule has 0 spiro atoms. The highest BCUT2D eigenvalue weighted by molar-refractivity contribution is 7.16. The minimum Gasteiger partial charge on any atom is -0.507 e. The molecule has 3 aromatic rings. The molecule has 0 saturated carbocycles. The van der Waals surface area contributed by atoms with Crippen LogP contribution in [0.15, 0.2) is 58.7 Å². The van der Waals surface area contributed by atoms with Crippen molar-refractivity contribution in [3.8, 4) is 0 Å². The molecule has 6 nitrogen and oxygen atoms in total. The lowest BCUT2D eigenvalue weighted by atomic mass is 9.99. The minimum absolute atomic E-state index is 0.00773. The molecule has 1 fully saturated rings. The molecule has 136 valence electrons. The van der Waals surface area contributed by atoms with Gasteiger partial charge in [-0.1, -0.05) is 30.3 Å². The Morgan fingerprint density at radius 1 is 1.15 bits per heavy atom. The Morgan fingerprint density at radius 3 is 2.48 bits per heavy atom. The molecule has 1 aliphatic heterocycles. The maximum Gasteiger partial charge on any atom is 0.302 e. The Labute approximate surface area is 159 Å². The number of aliphatic hydroxyl groups is 1. The number of hydrogen-bond acceptors (Lipinski definition) is 6. The molecular formula is C20H16N2O4S. The van der Waals surface area contributed by atoms with E-state index < -0.39 is 17.7 Å². The number of amides is 1. The largest absolute Gasteiger partial charge is 0.507 e. The molecule has 1 aliphatic rings. The van der Waals surface area contributed by atoms with Gasteiger partial charge < -0.3 is 9.52 Å². The second kappa shape index (κ2) is 6.51. The number of thiazole rings is 1. The molecule has 0 unspecified atom stereocenters. The van der Waals surface area contributed by atoms with Crippen LogP contribution in [0.1, 0.15) is 27.9 Å². The second-order valence-corrected chi connectivity index (χ2v) is 7.37. The molecule has 4 rings (SSSR count). The second-order valence-electron chi connectivity index (χ2n) is 6.19. The maximum absolute atomic E-state index is 12.8. The van der Waals surface area contributed by atoms with E-state index in [0.717, 1.165) is 10.6 Å². The lowest BCUT2D eigenvalue weighted by Gasteiger charge is -2.20. The highest BCUT2D eigenvalue weighted by Crippen LogP contribution is 2.43. The van der Waals surface area contributed by atoms with Crippen molar-refractivity contribution >= 4 is 33.9 Å². The van der Waals surface area contributed by atoms with Gasteiger partial charge >= 0.3 is 5.91 Å². The van der Waals surface area contributed by atoms with Gasteiger partial charge in [0.25, 0.3) is 5.78 Å². The van der Waals surface area contributed by atoms with Gasteiger partial charge in [-0.2, -0.15) is 0 Å². The van der Waals surface area contributed by atoms with E-state index in [-0.39, 0.29) is 11.3 Å². The summed E-state index contributed by atoms with van der Waals surface area (Å²) in [4.78, 5) is 32.3. The van der Waals surface area contributed by atoms with E-state index in [9.17, 15) is 14.7 Å². The van der Waals surface area contributed by atoms with Crippen LogP contribution in [0.2, 0.25) is 0 Å². The number of Topliss-reactive ketones (excluding diaryl/α,β-unsaturated/α-hetero) is 1. The molecular weight excluding hydrogens is 364 g/mol. The molecule has 0 radical (unpaired) electrons. The van der Waals surface area contributed by atoms with E-state index in [1.165, 1.54) is 22.5 Å². The standard InChI is InChI=1S/C20H16N2O4S/c1-11-12(2)27-20(21-11)22-16(14-9-6-10-26-14)15(18(24)19(22)25)17(23)13-7-4-3-5-8-13/h3-10,16,23H,1-2H3/b17-15-/t16-/m1/s1. The number of anilines is 1. The summed E-state index contributed by atoms with van der Waals surface area (Å²) in [7, 11) is 0. The summed E-state index contributed by atoms with van der Waals surface area (Å²) in [5.74, 6) is -1.34. The number of rotatable bonds is 3. The summed E-state index contributed by atoms with van der Waals surface area (Å²) in [6, 6.07) is 11.2. The number of furan rings is 1. The van der Waals surface area contributed by atoms with Crippen LogP contribution in [0.5, 0.6) is 0 Å². The van der Waals surface area contributed by atoms with Gasteiger partial charge in [0.1, 0.15) is 17.6 Å². The number of carbonyl (C=O) groups excluding carboxylic acids is 2. The van der Waals surface area contributed by atoms with Gasteiger partial charge in [0, 0.05) is 10.4 Å². The van der Waals surface area contributed by atoms with Crippen LogP contribution >= 0.6 is 11.3 Å². The zero-order chi connectivity index (χ0) is 19.1. The molecule has 3 heterocycles. The van der Waals surface area contributed by atoms with Crippen molar-refractivity contribution in [3.05, 3.63) is 76.2 Å².